The Morgan fingerprint density at radius 2 is 1.97 bits per heavy atom. The number of amides is 1. The number of para-hydroxylation sites is 1. The molecule has 4 rings (SSSR count). The third kappa shape index (κ3) is 5.54. The van der Waals surface area contributed by atoms with E-state index in [1.165, 1.54) is 36.8 Å². The second-order valence-electron chi connectivity index (χ2n) is 8.27. The fraction of sp³-hybridized carbons (Fsp3) is 0.458. The van der Waals surface area contributed by atoms with Crippen LogP contribution in [-0.2, 0) is 11.3 Å². The monoisotopic (exact) mass is 420 g/mol. The molecule has 3 N–H and O–H groups in total. The zero-order chi connectivity index (χ0) is 21.5. The quantitative estimate of drug-likeness (QED) is 0.511. The Kier molecular flexibility index (Phi) is 7.02. The van der Waals surface area contributed by atoms with Crippen LogP contribution in [0, 0.1) is 0 Å². The summed E-state index contributed by atoms with van der Waals surface area (Å²) in [5, 5.41) is 9.74. The number of aromatic nitrogens is 1. The highest BCUT2D eigenvalue weighted by atomic mass is 16.1. The molecule has 0 aliphatic carbocycles. The van der Waals surface area contributed by atoms with Gasteiger partial charge in [-0.25, -0.2) is 4.98 Å². The van der Waals surface area contributed by atoms with Crippen LogP contribution in [0.5, 0.6) is 0 Å². The van der Waals surface area contributed by atoms with Crippen LogP contribution < -0.4 is 20.9 Å². The molecule has 0 radical (unpaired) electrons. The topological polar surface area (TPSA) is 81.7 Å². The predicted octanol–water partition coefficient (Wildman–Crippen LogP) is 3.25. The zero-order valence-corrected chi connectivity index (χ0v) is 18.2. The molecule has 2 aliphatic heterocycles. The van der Waals surface area contributed by atoms with Gasteiger partial charge >= 0.3 is 0 Å². The number of guanidine groups is 1. The first-order chi connectivity index (χ1) is 15.2. The number of rotatable bonds is 5. The van der Waals surface area contributed by atoms with Crippen molar-refractivity contribution in [1.29, 1.82) is 0 Å². The van der Waals surface area contributed by atoms with E-state index in [1.54, 1.807) is 7.05 Å². The van der Waals surface area contributed by atoms with Crippen molar-refractivity contribution in [3.8, 4) is 0 Å². The number of aliphatic imine (C=N–C) groups is 1. The number of nitrogens with zero attached hydrogens (tertiary/aromatic N) is 3. The fourth-order valence-electron chi connectivity index (χ4n) is 4.35. The average Bonchev–Trinajstić information content (AvgIpc) is 3.09. The van der Waals surface area contributed by atoms with Gasteiger partial charge in [0.1, 0.15) is 5.82 Å². The first-order valence-electron chi connectivity index (χ1n) is 11.3. The molecule has 164 valence electrons. The number of carbonyl (C=O) groups is 1. The van der Waals surface area contributed by atoms with Gasteiger partial charge in [-0.3, -0.25) is 9.79 Å². The summed E-state index contributed by atoms with van der Waals surface area (Å²) in [6, 6.07) is 12.2. The molecule has 3 heterocycles. The summed E-state index contributed by atoms with van der Waals surface area (Å²) in [6.45, 7) is 3.50. The van der Waals surface area contributed by atoms with Crippen molar-refractivity contribution in [2.75, 3.05) is 36.9 Å². The summed E-state index contributed by atoms with van der Waals surface area (Å²) in [6.07, 6.45) is 7.47. The van der Waals surface area contributed by atoms with Gasteiger partial charge in [0.15, 0.2) is 5.96 Å². The maximum atomic E-state index is 12.1. The summed E-state index contributed by atoms with van der Waals surface area (Å²) in [5.41, 5.74) is 3.26. The molecule has 7 heteroatoms. The van der Waals surface area contributed by atoms with Gasteiger partial charge in [0.25, 0.3) is 0 Å². The van der Waals surface area contributed by atoms with E-state index < -0.39 is 0 Å². The van der Waals surface area contributed by atoms with E-state index in [9.17, 15) is 4.79 Å². The summed E-state index contributed by atoms with van der Waals surface area (Å²) < 4.78 is 0. The number of hydrogen-bond acceptors (Lipinski definition) is 4. The van der Waals surface area contributed by atoms with E-state index in [-0.39, 0.29) is 11.8 Å². The van der Waals surface area contributed by atoms with Gasteiger partial charge in [-0.15, -0.1) is 0 Å². The van der Waals surface area contributed by atoms with Gasteiger partial charge in [0.05, 0.1) is 0 Å². The maximum Gasteiger partial charge on any atom is 0.225 e. The van der Waals surface area contributed by atoms with Gasteiger partial charge in [-0.05, 0) is 42.2 Å². The molecule has 0 bridgehead atoms. The molecule has 1 aromatic carbocycles. The lowest BCUT2D eigenvalue weighted by Crippen LogP contribution is -2.40. The Hall–Kier alpha value is -3.09. The van der Waals surface area contributed by atoms with Crippen LogP contribution in [0.1, 0.15) is 49.1 Å². The lowest BCUT2D eigenvalue weighted by Gasteiger charge is -2.26. The average molecular weight is 421 g/mol. The number of benzene rings is 1. The zero-order valence-electron chi connectivity index (χ0n) is 18.2. The molecule has 2 aliphatic rings. The van der Waals surface area contributed by atoms with Gasteiger partial charge in [-0.1, -0.05) is 31.0 Å². The van der Waals surface area contributed by atoms with Crippen molar-refractivity contribution in [2.45, 2.75) is 44.6 Å². The Balaban J connectivity index is 1.33. The standard InChI is InChI=1S/C24H32N6O/c1-25-24(28-17-19-15-23(31)29-21-9-5-4-8-20(19)21)27-16-18-10-11-26-22(14-18)30-12-6-2-3-7-13-30/h4-5,8-11,14,19H,2-3,6-7,12-13,15-17H2,1H3,(H,29,31)(H2,25,27,28). The van der Waals surface area contributed by atoms with Crippen molar-refractivity contribution >= 4 is 23.4 Å². The molecular weight excluding hydrogens is 388 g/mol. The summed E-state index contributed by atoms with van der Waals surface area (Å²) >= 11 is 0. The molecule has 1 amide bonds. The van der Waals surface area contributed by atoms with E-state index >= 15 is 0 Å². The van der Waals surface area contributed by atoms with Gasteiger partial charge in [0.2, 0.25) is 5.91 Å². The lowest BCUT2D eigenvalue weighted by molar-refractivity contribution is -0.116. The smallest absolute Gasteiger partial charge is 0.225 e. The largest absolute Gasteiger partial charge is 0.357 e. The summed E-state index contributed by atoms with van der Waals surface area (Å²) in [5.74, 6) is 1.98. The Morgan fingerprint density at radius 1 is 1.16 bits per heavy atom. The molecule has 1 saturated heterocycles. The summed E-state index contributed by atoms with van der Waals surface area (Å²) in [7, 11) is 1.77. The van der Waals surface area contributed by atoms with E-state index in [0.717, 1.165) is 30.6 Å². The highest BCUT2D eigenvalue weighted by molar-refractivity contribution is 5.94. The van der Waals surface area contributed by atoms with E-state index in [2.05, 4.69) is 43.0 Å². The van der Waals surface area contributed by atoms with Crippen molar-refractivity contribution < 1.29 is 4.79 Å². The second kappa shape index (κ2) is 10.3. The van der Waals surface area contributed by atoms with Crippen LogP contribution in [0.15, 0.2) is 47.6 Å². The highest BCUT2D eigenvalue weighted by Gasteiger charge is 2.24. The van der Waals surface area contributed by atoms with E-state index in [4.69, 9.17) is 0 Å². The van der Waals surface area contributed by atoms with Crippen LogP contribution in [0.25, 0.3) is 0 Å². The number of nitrogens with one attached hydrogen (secondary N) is 3. The Morgan fingerprint density at radius 3 is 2.77 bits per heavy atom. The summed E-state index contributed by atoms with van der Waals surface area (Å²) in [4.78, 5) is 23.4. The second-order valence-corrected chi connectivity index (χ2v) is 8.27. The molecule has 1 fully saturated rings. The van der Waals surface area contributed by atoms with Crippen LogP contribution in [0.3, 0.4) is 0 Å². The number of fused-ring (bicyclic) bond motifs is 1. The maximum absolute atomic E-state index is 12.1. The minimum Gasteiger partial charge on any atom is -0.357 e. The van der Waals surface area contributed by atoms with Crippen LogP contribution >= 0.6 is 0 Å². The lowest BCUT2D eigenvalue weighted by atomic mass is 9.90. The molecule has 7 nitrogen and oxygen atoms in total. The molecule has 1 aromatic heterocycles. The SMILES string of the molecule is CN=C(NCc1ccnc(N2CCCCCC2)c1)NCC1CC(=O)Nc2ccccc21. The minimum absolute atomic E-state index is 0.0614. The number of hydrogen-bond donors (Lipinski definition) is 3. The minimum atomic E-state index is 0.0614. The van der Waals surface area contributed by atoms with Gasteiger partial charge in [0, 0.05) is 57.4 Å². The first kappa shape index (κ1) is 21.2. The predicted molar refractivity (Wildman–Crippen MR) is 126 cm³/mol. The van der Waals surface area contributed by atoms with E-state index in [1.807, 2.05) is 30.5 Å². The Bertz CT molecular complexity index is 920. The highest BCUT2D eigenvalue weighted by Crippen LogP contribution is 2.31. The third-order valence-electron chi connectivity index (χ3n) is 6.05. The van der Waals surface area contributed by atoms with Crippen molar-refractivity contribution in [3.05, 3.63) is 53.7 Å². The molecule has 31 heavy (non-hydrogen) atoms. The van der Waals surface area contributed by atoms with E-state index in [0.29, 0.717) is 19.5 Å². The van der Waals surface area contributed by atoms with Crippen LogP contribution in [0.2, 0.25) is 0 Å². The molecule has 0 spiro atoms. The van der Waals surface area contributed by atoms with Crippen LogP contribution in [0.4, 0.5) is 11.5 Å². The fourth-order valence-corrected chi connectivity index (χ4v) is 4.35. The normalized spacial score (nSPS) is 19.3. The molecule has 0 saturated carbocycles. The number of carbonyl (C=O) groups excluding carboxylic acids is 1. The molecule has 2 aromatic rings. The van der Waals surface area contributed by atoms with Crippen molar-refractivity contribution in [3.63, 3.8) is 0 Å². The first-order valence-corrected chi connectivity index (χ1v) is 11.3. The van der Waals surface area contributed by atoms with Crippen molar-refractivity contribution in [2.24, 2.45) is 4.99 Å². The van der Waals surface area contributed by atoms with Crippen molar-refractivity contribution in [1.82, 2.24) is 15.6 Å². The molecular formula is C24H32N6O. The number of pyridine rings is 1. The third-order valence-corrected chi connectivity index (χ3v) is 6.05. The van der Waals surface area contributed by atoms with Gasteiger partial charge < -0.3 is 20.9 Å². The Labute approximate surface area is 184 Å². The molecule has 1 atom stereocenters. The number of anilines is 2. The molecule has 1 unspecified atom stereocenters. The van der Waals surface area contributed by atoms with Gasteiger partial charge in [-0.2, -0.15) is 0 Å². The van der Waals surface area contributed by atoms with Crippen LogP contribution in [-0.4, -0.2) is 43.5 Å².